The Bertz CT molecular complexity index is 1390. The number of carbonyl (C=O) groups excluding carboxylic acids is 1. The molecule has 3 aromatic rings. The highest BCUT2D eigenvalue weighted by molar-refractivity contribution is 7.92. The Kier molecular flexibility index (Phi) is 5.70. The van der Waals surface area contributed by atoms with Crippen molar-refractivity contribution in [2.45, 2.75) is 30.0 Å². The number of nitrogens with zero attached hydrogens (tertiary/aromatic N) is 1. The molecule has 1 aliphatic rings. The van der Waals surface area contributed by atoms with Gasteiger partial charge in [0.05, 0.1) is 21.7 Å². The summed E-state index contributed by atoms with van der Waals surface area (Å²) < 4.78 is 79.8. The highest BCUT2D eigenvalue weighted by Crippen LogP contribution is 2.37. The van der Waals surface area contributed by atoms with Gasteiger partial charge < -0.3 is 14.5 Å². The zero-order valence-electron chi connectivity index (χ0n) is 17.1. The minimum Gasteiger partial charge on any atom is -0.408 e. The maximum atomic E-state index is 13.7. The summed E-state index contributed by atoms with van der Waals surface area (Å²) in [5.41, 5.74) is -1.89. The summed E-state index contributed by atoms with van der Waals surface area (Å²) in [6.07, 6.45) is -4.53. The van der Waals surface area contributed by atoms with Gasteiger partial charge in [-0.3, -0.25) is 14.1 Å². The molecule has 0 aliphatic carbocycles. The fourth-order valence-corrected chi connectivity index (χ4v) is 4.53. The van der Waals surface area contributed by atoms with Gasteiger partial charge in [0.25, 0.3) is 15.9 Å². The first-order chi connectivity index (χ1) is 15.5. The SMILES string of the molecule is Cn1c(=O)oc2cc(S(=O)(=O)Nc3ccc(NC(=O)[C@H]4CCCO4)cc3C(F)(F)F)ccc21. The normalized spacial score (nSPS) is 16.8. The summed E-state index contributed by atoms with van der Waals surface area (Å²) >= 11 is 0. The molecule has 33 heavy (non-hydrogen) atoms. The quantitative estimate of drug-likeness (QED) is 0.573. The lowest BCUT2D eigenvalue weighted by atomic mass is 10.1. The first-order valence-electron chi connectivity index (χ1n) is 9.72. The lowest BCUT2D eigenvalue weighted by Crippen LogP contribution is -2.27. The van der Waals surface area contributed by atoms with Gasteiger partial charge in [0.1, 0.15) is 6.10 Å². The Labute approximate surface area is 185 Å². The van der Waals surface area contributed by atoms with Crippen molar-refractivity contribution in [1.82, 2.24) is 4.57 Å². The van der Waals surface area contributed by atoms with Gasteiger partial charge in [0.2, 0.25) is 0 Å². The smallest absolute Gasteiger partial charge is 0.408 e. The number of aryl methyl sites for hydroxylation is 1. The van der Waals surface area contributed by atoms with Gasteiger partial charge in [-0.1, -0.05) is 0 Å². The monoisotopic (exact) mass is 485 g/mol. The van der Waals surface area contributed by atoms with Crippen LogP contribution < -0.4 is 15.8 Å². The number of alkyl halides is 3. The van der Waals surface area contributed by atoms with Crippen LogP contribution in [0.15, 0.2) is 50.5 Å². The molecule has 2 N–H and O–H groups in total. The first kappa shape index (κ1) is 22.9. The van der Waals surface area contributed by atoms with Gasteiger partial charge in [-0.25, -0.2) is 13.2 Å². The highest BCUT2D eigenvalue weighted by Gasteiger charge is 2.35. The summed E-state index contributed by atoms with van der Waals surface area (Å²) in [6.45, 7) is 0.394. The minimum atomic E-state index is -4.92. The molecule has 1 fully saturated rings. The van der Waals surface area contributed by atoms with Crippen LogP contribution in [-0.4, -0.2) is 31.6 Å². The third-order valence-corrected chi connectivity index (χ3v) is 6.50. The molecule has 9 nitrogen and oxygen atoms in total. The molecular weight excluding hydrogens is 467 g/mol. The lowest BCUT2D eigenvalue weighted by Gasteiger charge is -2.17. The van der Waals surface area contributed by atoms with E-state index in [4.69, 9.17) is 9.15 Å². The Balaban J connectivity index is 1.64. The van der Waals surface area contributed by atoms with E-state index in [0.717, 1.165) is 28.8 Å². The number of oxazole rings is 1. The van der Waals surface area contributed by atoms with Crippen molar-refractivity contribution in [1.29, 1.82) is 0 Å². The van der Waals surface area contributed by atoms with E-state index < -0.39 is 50.1 Å². The number of halogens is 3. The number of carbonyl (C=O) groups is 1. The van der Waals surface area contributed by atoms with Crippen molar-refractivity contribution >= 4 is 38.4 Å². The number of hydrogen-bond donors (Lipinski definition) is 2. The largest absolute Gasteiger partial charge is 0.419 e. The minimum absolute atomic E-state index is 0.0337. The van der Waals surface area contributed by atoms with Crippen LogP contribution in [0, 0.1) is 0 Å². The summed E-state index contributed by atoms with van der Waals surface area (Å²) in [6, 6.07) is 6.20. The number of anilines is 2. The maximum absolute atomic E-state index is 13.7. The zero-order valence-corrected chi connectivity index (χ0v) is 17.9. The predicted molar refractivity (Wildman–Crippen MR) is 111 cm³/mol. The summed E-state index contributed by atoms with van der Waals surface area (Å²) in [4.78, 5) is 23.4. The van der Waals surface area contributed by atoms with Crippen LogP contribution in [0.3, 0.4) is 0 Å². The molecule has 0 unspecified atom stereocenters. The lowest BCUT2D eigenvalue weighted by molar-refractivity contribution is -0.137. The number of aromatic nitrogens is 1. The van der Waals surface area contributed by atoms with Crippen LogP contribution in [0.2, 0.25) is 0 Å². The molecule has 0 bridgehead atoms. The van der Waals surface area contributed by atoms with Crippen molar-refractivity contribution < 1.29 is 35.5 Å². The van der Waals surface area contributed by atoms with Crippen molar-refractivity contribution in [2.75, 3.05) is 16.6 Å². The van der Waals surface area contributed by atoms with Gasteiger partial charge in [-0.05, 0) is 43.2 Å². The number of nitrogens with one attached hydrogen (secondary N) is 2. The summed E-state index contributed by atoms with van der Waals surface area (Å²) in [5, 5.41) is 2.36. The van der Waals surface area contributed by atoms with E-state index in [1.807, 2.05) is 4.72 Å². The fourth-order valence-electron chi connectivity index (χ4n) is 3.44. The van der Waals surface area contributed by atoms with Gasteiger partial charge in [-0.2, -0.15) is 13.2 Å². The van der Waals surface area contributed by atoms with E-state index in [1.165, 1.54) is 13.1 Å². The van der Waals surface area contributed by atoms with Gasteiger partial charge in [0, 0.05) is 25.4 Å². The molecule has 0 radical (unpaired) electrons. The highest BCUT2D eigenvalue weighted by atomic mass is 32.2. The molecular formula is C20H18F3N3O6S. The van der Waals surface area contributed by atoms with E-state index in [0.29, 0.717) is 31.0 Å². The number of rotatable bonds is 5. The van der Waals surface area contributed by atoms with Crippen LogP contribution in [0.1, 0.15) is 18.4 Å². The number of sulfonamides is 1. The van der Waals surface area contributed by atoms with Crippen LogP contribution in [-0.2, 0) is 32.8 Å². The van der Waals surface area contributed by atoms with E-state index >= 15 is 0 Å². The average Bonchev–Trinajstić information content (AvgIpc) is 3.37. The zero-order chi connectivity index (χ0) is 24.0. The standard InChI is InChI=1S/C20H18F3N3O6S/c1-26-15-7-5-12(10-17(15)32-19(26)28)33(29,30)25-14-6-4-11(9-13(14)20(21,22)23)24-18(27)16-3-2-8-31-16/h4-7,9-10,16,25H,2-3,8H2,1H3,(H,24,27)/t16-/m1/s1. The molecule has 1 amide bonds. The second-order valence-electron chi connectivity index (χ2n) is 7.41. The Morgan fingerprint density at radius 3 is 2.61 bits per heavy atom. The second kappa shape index (κ2) is 8.23. The van der Waals surface area contributed by atoms with Crippen molar-refractivity contribution in [3.8, 4) is 0 Å². The fraction of sp³-hybridized carbons (Fsp3) is 0.300. The molecule has 2 heterocycles. The van der Waals surface area contributed by atoms with Crippen molar-refractivity contribution in [3.05, 3.63) is 52.5 Å². The summed E-state index contributed by atoms with van der Waals surface area (Å²) in [5.74, 6) is -1.29. The third-order valence-electron chi connectivity index (χ3n) is 5.13. The predicted octanol–water partition coefficient (Wildman–Crippen LogP) is 3.07. The van der Waals surface area contributed by atoms with Gasteiger partial charge in [-0.15, -0.1) is 0 Å². The van der Waals surface area contributed by atoms with E-state index in [9.17, 15) is 31.2 Å². The molecule has 0 spiro atoms. The molecule has 13 heteroatoms. The molecule has 0 saturated carbocycles. The van der Waals surface area contributed by atoms with E-state index in [-0.39, 0.29) is 11.3 Å². The molecule has 4 rings (SSSR count). The Morgan fingerprint density at radius 2 is 1.94 bits per heavy atom. The number of benzene rings is 2. The number of hydrogen-bond acceptors (Lipinski definition) is 6. The molecule has 176 valence electrons. The number of ether oxygens (including phenoxy) is 1. The van der Waals surface area contributed by atoms with E-state index in [2.05, 4.69) is 5.32 Å². The first-order valence-corrected chi connectivity index (χ1v) is 11.2. The molecule has 1 aromatic heterocycles. The number of fused-ring (bicyclic) bond motifs is 1. The van der Waals surface area contributed by atoms with Crippen LogP contribution in [0.25, 0.3) is 11.1 Å². The average molecular weight is 485 g/mol. The van der Waals surface area contributed by atoms with E-state index in [1.54, 1.807) is 0 Å². The third kappa shape index (κ3) is 4.59. The topological polar surface area (TPSA) is 120 Å². The second-order valence-corrected chi connectivity index (χ2v) is 9.09. The molecule has 1 atom stereocenters. The molecule has 2 aromatic carbocycles. The molecule has 1 aliphatic heterocycles. The van der Waals surface area contributed by atoms with Gasteiger partial charge >= 0.3 is 11.9 Å². The van der Waals surface area contributed by atoms with Crippen LogP contribution in [0.4, 0.5) is 24.5 Å². The van der Waals surface area contributed by atoms with Crippen LogP contribution >= 0.6 is 0 Å². The maximum Gasteiger partial charge on any atom is 0.419 e. The van der Waals surface area contributed by atoms with Crippen molar-refractivity contribution in [3.63, 3.8) is 0 Å². The summed E-state index contributed by atoms with van der Waals surface area (Å²) in [7, 11) is -3.04. The molecule has 1 saturated heterocycles. The number of amides is 1. The Hall–Kier alpha value is -3.32. The van der Waals surface area contributed by atoms with Crippen LogP contribution in [0.5, 0.6) is 0 Å². The van der Waals surface area contributed by atoms with Crippen molar-refractivity contribution in [2.24, 2.45) is 7.05 Å². The van der Waals surface area contributed by atoms with Gasteiger partial charge in [0.15, 0.2) is 5.58 Å². The Morgan fingerprint density at radius 1 is 1.18 bits per heavy atom.